The molecule has 0 bridgehead atoms. The summed E-state index contributed by atoms with van der Waals surface area (Å²) in [6, 6.07) is 10.4. The van der Waals surface area contributed by atoms with Crippen molar-refractivity contribution in [1.29, 1.82) is 0 Å². The molecule has 1 saturated heterocycles. The van der Waals surface area contributed by atoms with E-state index in [9.17, 15) is 19.2 Å². The normalized spacial score (nSPS) is 19.1. The highest BCUT2D eigenvalue weighted by atomic mass is 32.2. The first-order valence-electron chi connectivity index (χ1n) is 11.2. The Bertz CT molecular complexity index is 1460. The second kappa shape index (κ2) is 11.1. The van der Waals surface area contributed by atoms with E-state index in [0.717, 1.165) is 10.3 Å². The zero-order chi connectivity index (χ0) is 26.1. The highest BCUT2D eigenvalue weighted by Crippen LogP contribution is 2.46. The van der Waals surface area contributed by atoms with E-state index < -0.39 is 16.5 Å². The number of benzene rings is 1. The van der Waals surface area contributed by atoms with Gasteiger partial charge in [0.15, 0.2) is 0 Å². The van der Waals surface area contributed by atoms with Crippen molar-refractivity contribution in [2.75, 3.05) is 19.7 Å². The Morgan fingerprint density at radius 3 is 2.70 bits per heavy atom. The van der Waals surface area contributed by atoms with Crippen molar-refractivity contribution < 1.29 is 23.9 Å². The molecule has 8 nitrogen and oxygen atoms in total. The molecule has 37 heavy (non-hydrogen) atoms. The zero-order valence-corrected chi connectivity index (χ0v) is 22.9. The molecule has 2 aromatic heterocycles. The van der Waals surface area contributed by atoms with E-state index in [-0.39, 0.29) is 42.8 Å². The fraction of sp³-hybridized carbons (Fsp3) is 0.280. The van der Waals surface area contributed by atoms with Gasteiger partial charge < -0.3 is 14.8 Å². The molecule has 3 aromatic rings. The van der Waals surface area contributed by atoms with Crippen LogP contribution in [-0.2, 0) is 36.9 Å². The van der Waals surface area contributed by atoms with E-state index in [2.05, 4.69) is 17.9 Å². The molecule has 2 atom stereocenters. The molecule has 1 N–H and O–H groups in total. The molecule has 2 amide bonds. The second-order valence-corrected chi connectivity index (χ2v) is 11.8. The summed E-state index contributed by atoms with van der Waals surface area (Å²) in [5, 5.41) is 3.65. The fourth-order valence-electron chi connectivity index (χ4n) is 4.36. The van der Waals surface area contributed by atoms with Gasteiger partial charge in [-0.25, -0.2) is 0 Å². The third kappa shape index (κ3) is 5.01. The molecule has 2 aliphatic heterocycles. The van der Waals surface area contributed by atoms with Gasteiger partial charge in [-0.1, -0.05) is 43.0 Å². The monoisotopic (exact) mass is 574 g/mol. The van der Waals surface area contributed by atoms with Crippen LogP contribution in [0.15, 0.2) is 52.3 Å². The van der Waals surface area contributed by atoms with E-state index >= 15 is 0 Å². The Hall–Kier alpha value is -2.48. The number of fused-ring (bicyclic) bond motifs is 2. The van der Waals surface area contributed by atoms with Gasteiger partial charge in [-0.2, -0.15) is 0 Å². The first-order valence-corrected chi connectivity index (χ1v) is 14.4. The van der Waals surface area contributed by atoms with Gasteiger partial charge in [0.25, 0.3) is 5.91 Å². The molecule has 2 aliphatic rings. The van der Waals surface area contributed by atoms with Crippen LogP contribution in [0.2, 0.25) is 0 Å². The van der Waals surface area contributed by atoms with Gasteiger partial charge in [-0.15, -0.1) is 34.4 Å². The van der Waals surface area contributed by atoms with Gasteiger partial charge in [0.1, 0.15) is 23.9 Å². The summed E-state index contributed by atoms with van der Waals surface area (Å²) in [7, 11) is 1.49. The molecule has 192 valence electrons. The number of thioether (sulfide) groups is 1. The van der Waals surface area contributed by atoms with Crippen LogP contribution >= 0.6 is 47.1 Å². The number of nitrogens with one attached hydrogen (secondary N) is 1. The molecule has 5 rings (SSSR count). The lowest BCUT2D eigenvalue weighted by atomic mass is 10.0. The van der Waals surface area contributed by atoms with Crippen LogP contribution in [0.3, 0.4) is 0 Å². The van der Waals surface area contributed by atoms with Gasteiger partial charge in [-0.05, 0) is 17.0 Å². The summed E-state index contributed by atoms with van der Waals surface area (Å²) < 4.78 is 11.9. The number of β-lactam (4-membered cyclic amide) rings is 1. The lowest BCUT2D eigenvalue weighted by Gasteiger charge is -2.50. The Morgan fingerprint density at radius 2 is 1.97 bits per heavy atom. The van der Waals surface area contributed by atoms with Gasteiger partial charge >= 0.3 is 0 Å². The van der Waals surface area contributed by atoms with Crippen LogP contribution in [0.4, 0.5) is 0 Å². The van der Waals surface area contributed by atoms with Crippen molar-refractivity contribution in [3.63, 3.8) is 0 Å². The summed E-state index contributed by atoms with van der Waals surface area (Å²) in [5.41, 5.74) is 1.80. The average molecular weight is 575 g/mol. The molecule has 12 heteroatoms. The molecular weight excluding hydrogens is 553 g/mol. The second-order valence-electron chi connectivity index (χ2n) is 8.36. The number of nitrogens with zero attached hydrogens (tertiary/aromatic N) is 1. The van der Waals surface area contributed by atoms with Crippen LogP contribution in [0, 0.1) is 0 Å². The molecule has 1 fully saturated rings. The Kier molecular flexibility index (Phi) is 7.84. The Morgan fingerprint density at radius 1 is 1.19 bits per heavy atom. The van der Waals surface area contributed by atoms with Crippen molar-refractivity contribution in [2.45, 2.75) is 24.4 Å². The largest absolute Gasteiger partial charge is 0.359 e. The topological polar surface area (TPSA) is 102 Å². The predicted octanol–water partition coefficient (Wildman–Crippen LogP) is 3.25. The predicted molar refractivity (Wildman–Crippen MR) is 149 cm³/mol. The minimum absolute atomic E-state index is 0.00407. The minimum Gasteiger partial charge on any atom is -0.359 e. The third-order valence-electron chi connectivity index (χ3n) is 6.01. The number of thiophene rings is 1. The number of methoxy groups -OCH3 is 1. The van der Waals surface area contributed by atoms with Gasteiger partial charge in [-0.3, -0.25) is 24.1 Å². The van der Waals surface area contributed by atoms with Crippen molar-refractivity contribution >= 4 is 79.0 Å². The number of ether oxygens (including phenoxy) is 2. The van der Waals surface area contributed by atoms with Crippen LogP contribution in [0.5, 0.6) is 0 Å². The number of rotatable bonds is 9. The van der Waals surface area contributed by atoms with Crippen molar-refractivity contribution in [3.05, 3.63) is 73.7 Å². The molecule has 0 spiro atoms. The summed E-state index contributed by atoms with van der Waals surface area (Å²) in [6.07, 6.45) is 0.154. The molecule has 4 heterocycles. The summed E-state index contributed by atoms with van der Waals surface area (Å²) in [4.78, 5) is 53.8. The summed E-state index contributed by atoms with van der Waals surface area (Å²) in [5.74, 6) is -0.282. The van der Waals surface area contributed by atoms with E-state index in [1.807, 2.05) is 41.8 Å². The van der Waals surface area contributed by atoms with E-state index in [1.165, 1.54) is 46.4 Å². The number of hydrogen-bond acceptors (Lipinski definition) is 9. The number of amides is 2. The minimum atomic E-state index is -0.743. The van der Waals surface area contributed by atoms with Gasteiger partial charge in [0, 0.05) is 33.6 Å². The number of carbonyl (C=O) groups excluding carboxylic acids is 3. The first-order chi connectivity index (χ1) is 17.9. The van der Waals surface area contributed by atoms with Gasteiger partial charge in [0.2, 0.25) is 16.5 Å². The number of thiol groups is 1. The molecular formula is C25H22N2O6S4. The van der Waals surface area contributed by atoms with Crippen molar-refractivity contribution in [2.24, 2.45) is 0 Å². The fourth-order valence-corrected chi connectivity index (χ4v) is 8.26. The lowest BCUT2D eigenvalue weighted by molar-refractivity contribution is -0.146. The number of carbonyl (C=O) groups is 3. The average Bonchev–Trinajstić information content (AvgIpc) is 3.37. The Balaban J connectivity index is 1.46. The summed E-state index contributed by atoms with van der Waals surface area (Å²) >= 11 is 8.26. The first kappa shape index (κ1) is 26.1. The zero-order valence-electron chi connectivity index (χ0n) is 19.6. The smallest absolute Gasteiger partial charge is 0.253 e. The van der Waals surface area contributed by atoms with E-state index in [0.29, 0.717) is 26.5 Å². The van der Waals surface area contributed by atoms with Crippen LogP contribution < -0.4 is 10.7 Å². The molecule has 1 unspecified atom stereocenters. The van der Waals surface area contributed by atoms with E-state index in [4.69, 9.17) is 9.47 Å². The molecule has 0 aliphatic carbocycles. The highest BCUT2D eigenvalue weighted by Gasteiger charge is 2.54. The number of hydrogen-bond donors (Lipinski definition) is 2. The van der Waals surface area contributed by atoms with Crippen LogP contribution in [0.1, 0.15) is 16.0 Å². The third-order valence-corrected chi connectivity index (χ3v) is 9.80. The van der Waals surface area contributed by atoms with Crippen LogP contribution in [0.25, 0.3) is 15.0 Å². The standard InChI is InChI=1S/C25H22N2O6S4/c1-32-12-33-10-14-20(29)22-16(7-8-35-22)37-21(14)15-11-36-24-18(23(30)27(24)19(15)25(31)34)26-17(28)9-13-5-3-2-4-6-13/h2-8,18,24H,9-12H2,1H3,(H,26,28)(H,31,34)/t18?,24-/m1/s1. The highest BCUT2D eigenvalue weighted by molar-refractivity contribution is 8.00. The molecule has 1 aromatic carbocycles. The lowest BCUT2D eigenvalue weighted by Crippen LogP contribution is -2.70. The van der Waals surface area contributed by atoms with Crippen molar-refractivity contribution in [3.8, 4) is 0 Å². The quantitative estimate of drug-likeness (QED) is 0.175. The summed E-state index contributed by atoms with van der Waals surface area (Å²) in [6.45, 7) is 0.0132. The van der Waals surface area contributed by atoms with Crippen LogP contribution in [-0.4, -0.2) is 52.9 Å². The van der Waals surface area contributed by atoms with Gasteiger partial charge in [0.05, 0.1) is 17.7 Å². The molecule has 0 saturated carbocycles. The maximum absolute atomic E-state index is 13.3. The Labute approximate surface area is 230 Å². The SMILES string of the molecule is COCOCc1c(C2=C(C(=O)S)N3C(=O)C(NC(=O)Cc4ccccc4)[C@H]3SC2)sc2ccsc2c1=O. The maximum Gasteiger partial charge on any atom is 0.253 e. The maximum atomic E-state index is 13.3. The van der Waals surface area contributed by atoms with E-state index in [1.54, 1.807) is 0 Å². The molecule has 0 radical (unpaired) electrons. The van der Waals surface area contributed by atoms with Crippen molar-refractivity contribution in [1.82, 2.24) is 10.2 Å².